The van der Waals surface area contributed by atoms with E-state index >= 15 is 0 Å². The molecule has 0 radical (unpaired) electrons. The van der Waals surface area contributed by atoms with Gasteiger partial charge in [0, 0.05) is 0 Å². The van der Waals surface area contributed by atoms with Crippen molar-refractivity contribution >= 4 is 11.9 Å². The largest absolute Gasteiger partial charge is 0.465 e. The molecule has 0 aromatic heterocycles. The predicted molar refractivity (Wildman–Crippen MR) is 74.9 cm³/mol. The first-order valence-corrected chi connectivity index (χ1v) is 7.76. The van der Waals surface area contributed by atoms with Gasteiger partial charge in [0.1, 0.15) is 0 Å². The van der Waals surface area contributed by atoms with Crippen LogP contribution in [0.1, 0.15) is 52.9 Å². The van der Waals surface area contributed by atoms with Crippen LogP contribution in [-0.2, 0) is 19.1 Å². The summed E-state index contributed by atoms with van der Waals surface area (Å²) in [6.07, 6.45) is 4.56. The van der Waals surface area contributed by atoms with Crippen molar-refractivity contribution < 1.29 is 19.1 Å². The summed E-state index contributed by atoms with van der Waals surface area (Å²) in [6.45, 7) is 6.86. The monoisotopic (exact) mass is 282 g/mol. The van der Waals surface area contributed by atoms with Crippen molar-refractivity contribution in [1.29, 1.82) is 0 Å². The molecule has 1 aliphatic heterocycles. The average molecular weight is 282 g/mol. The van der Waals surface area contributed by atoms with Gasteiger partial charge in [-0.15, -0.1) is 0 Å². The summed E-state index contributed by atoms with van der Waals surface area (Å²) in [4.78, 5) is 23.6. The molecule has 0 aromatic rings. The lowest BCUT2D eigenvalue weighted by Gasteiger charge is -2.26. The summed E-state index contributed by atoms with van der Waals surface area (Å²) < 4.78 is 10.7. The van der Waals surface area contributed by atoms with Gasteiger partial charge in [-0.25, -0.2) is 0 Å². The molecule has 20 heavy (non-hydrogen) atoms. The van der Waals surface area contributed by atoms with E-state index in [1.54, 1.807) is 0 Å². The van der Waals surface area contributed by atoms with E-state index < -0.39 is 5.41 Å². The van der Waals surface area contributed by atoms with E-state index in [0.717, 1.165) is 32.1 Å². The molecular weight excluding hydrogens is 256 g/mol. The highest BCUT2D eigenvalue weighted by Crippen LogP contribution is 2.36. The first kappa shape index (κ1) is 15.3. The third-order valence-corrected chi connectivity index (χ3v) is 4.89. The number of rotatable bonds is 4. The molecule has 1 saturated carbocycles. The molecule has 0 N–H and O–H groups in total. The maximum Gasteiger partial charge on any atom is 0.311 e. The molecule has 4 heteroatoms. The molecule has 2 fully saturated rings. The van der Waals surface area contributed by atoms with Crippen molar-refractivity contribution in [2.75, 3.05) is 13.2 Å². The third kappa shape index (κ3) is 3.53. The number of hydrogen-bond donors (Lipinski definition) is 0. The Morgan fingerprint density at radius 3 is 2.80 bits per heavy atom. The van der Waals surface area contributed by atoms with Crippen molar-refractivity contribution in [2.24, 2.45) is 23.2 Å². The van der Waals surface area contributed by atoms with E-state index in [-0.39, 0.29) is 17.9 Å². The predicted octanol–water partition coefficient (Wildman–Crippen LogP) is 2.95. The number of esters is 2. The van der Waals surface area contributed by atoms with E-state index in [4.69, 9.17) is 9.47 Å². The van der Waals surface area contributed by atoms with Gasteiger partial charge in [0.25, 0.3) is 0 Å². The van der Waals surface area contributed by atoms with Crippen LogP contribution in [0.3, 0.4) is 0 Å². The SMILES string of the molecule is CCC(C)(C)C(=O)OCC1CCC2CC(COC2=O)C1. The fraction of sp³-hybridized carbons (Fsp3) is 0.875. The first-order valence-electron chi connectivity index (χ1n) is 7.76. The van der Waals surface area contributed by atoms with Gasteiger partial charge in [-0.05, 0) is 57.8 Å². The Kier molecular flexibility index (Phi) is 4.71. The lowest BCUT2D eigenvalue weighted by Crippen LogP contribution is -2.30. The number of hydrogen-bond acceptors (Lipinski definition) is 4. The quantitative estimate of drug-likeness (QED) is 0.744. The molecule has 2 rings (SSSR count). The van der Waals surface area contributed by atoms with E-state index in [9.17, 15) is 9.59 Å². The van der Waals surface area contributed by atoms with Crippen molar-refractivity contribution in [2.45, 2.75) is 52.9 Å². The van der Waals surface area contributed by atoms with Gasteiger partial charge in [0.15, 0.2) is 0 Å². The Hall–Kier alpha value is -1.06. The van der Waals surface area contributed by atoms with Gasteiger partial charge >= 0.3 is 11.9 Å². The molecule has 3 atom stereocenters. The van der Waals surface area contributed by atoms with Crippen LogP contribution < -0.4 is 0 Å². The molecule has 1 heterocycles. The Bertz CT molecular complexity index is 375. The van der Waals surface area contributed by atoms with Gasteiger partial charge in [0.2, 0.25) is 0 Å². The fourth-order valence-electron chi connectivity index (χ4n) is 3.00. The van der Waals surface area contributed by atoms with E-state index in [1.807, 2.05) is 20.8 Å². The second kappa shape index (κ2) is 6.15. The maximum atomic E-state index is 12.0. The van der Waals surface area contributed by atoms with Crippen LogP contribution in [0.4, 0.5) is 0 Å². The Morgan fingerprint density at radius 1 is 1.35 bits per heavy atom. The molecule has 2 bridgehead atoms. The lowest BCUT2D eigenvalue weighted by atomic mass is 9.90. The number of cyclic esters (lactones) is 1. The number of carbonyl (C=O) groups is 2. The van der Waals surface area contributed by atoms with E-state index in [0.29, 0.717) is 25.0 Å². The molecule has 0 aromatic carbocycles. The minimum absolute atomic E-state index is 0.0361. The van der Waals surface area contributed by atoms with Crippen LogP contribution in [-0.4, -0.2) is 25.2 Å². The van der Waals surface area contributed by atoms with Gasteiger partial charge in [-0.1, -0.05) is 6.92 Å². The zero-order valence-electron chi connectivity index (χ0n) is 12.8. The number of carbonyl (C=O) groups excluding carboxylic acids is 2. The molecule has 0 spiro atoms. The molecule has 2 aliphatic rings. The Balaban J connectivity index is 1.85. The minimum atomic E-state index is -0.403. The fourth-order valence-corrected chi connectivity index (χ4v) is 3.00. The highest BCUT2D eigenvalue weighted by Gasteiger charge is 2.36. The van der Waals surface area contributed by atoms with E-state index in [1.165, 1.54) is 0 Å². The smallest absolute Gasteiger partial charge is 0.311 e. The topological polar surface area (TPSA) is 52.6 Å². The third-order valence-electron chi connectivity index (χ3n) is 4.89. The molecular formula is C16H26O4. The van der Waals surface area contributed by atoms with E-state index in [2.05, 4.69) is 0 Å². The highest BCUT2D eigenvalue weighted by molar-refractivity contribution is 5.75. The summed E-state index contributed by atoms with van der Waals surface area (Å²) >= 11 is 0. The van der Waals surface area contributed by atoms with Gasteiger partial charge < -0.3 is 9.47 Å². The molecule has 0 amide bonds. The normalized spacial score (nSPS) is 30.4. The van der Waals surface area contributed by atoms with Gasteiger partial charge in [-0.2, -0.15) is 0 Å². The van der Waals surface area contributed by atoms with Crippen molar-refractivity contribution in [1.82, 2.24) is 0 Å². The summed E-state index contributed by atoms with van der Waals surface area (Å²) in [7, 11) is 0. The maximum absolute atomic E-state index is 12.0. The zero-order chi connectivity index (χ0) is 14.8. The molecule has 1 aliphatic carbocycles. The minimum Gasteiger partial charge on any atom is -0.465 e. The van der Waals surface area contributed by atoms with Crippen LogP contribution in [0.15, 0.2) is 0 Å². The van der Waals surface area contributed by atoms with Crippen molar-refractivity contribution in [3.63, 3.8) is 0 Å². The summed E-state index contributed by atoms with van der Waals surface area (Å²) in [6, 6.07) is 0. The standard InChI is InChI=1S/C16H26O4/c1-4-16(2,3)15(18)20-9-11-5-6-13-8-12(7-11)10-19-14(13)17/h11-13H,4-10H2,1-3H3. The Labute approximate surface area is 121 Å². The molecule has 4 nitrogen and oxygen atoms in total. The van der Waals surface area contributed by atoms with Crippen LogP contribution in [0.25, 0.3) is 0 Å². The number of ether oxygens (including phenoxy) is 2. The molecule has 114 valence electrons. The average Bonchev–Trinajstić information content (AvgIpc) is 2.60. The van der Waals surface area contributed by atoms with Crippen LogP contribution in [0, 0.1) is 23.2 Å². The van der Waals surface area contributed by atoms with Crippen LogP contribution in [0.5, 0.6) is 0 Å². The molecule has 3 unspecified atom stereocenters. The molecule has 1 saturated heterocycles. The summed E-state index contributed by atoms with van der Waals surface area (Å²) in [5, 5.41) is 0. The zero-order valence-corrected chi connectivity index (χ0v) is 12.8. The second-order valence-corrected chi connectivity index (χ2v) is 6.94. The Morgan fingerprint density at radius 2 is 2.10 bits per heavy atom. The van der Waals surface area contributed by atoms with Gasteiger partial charge in [-0.3, -0.25) is 9.59 Å². The first-order chi connectivity index (χ1) is 9.42. The number of fused-ring (bicyclic) bond motifs is 2. The van der Waals surface area contributed by atoms with Crippen molar-refractivity contribution in [3.05, 3.63) is 0 Å². The van der Waals surface area contributed by atoms with Crippen LogP contribution >= 0.6 is 0 Å². The summed E-state index contributed by atoms with van der Waals surface area (Å²) in [5.41, 5.74) is -0.403. The van der Waals surface area contributed by atoms with Crippen molar-refractivity contribution in [3.8, 4) is 0 Å². The van der Waals surface area contributed by atoms with Gasteiger partial charge in [0.05, 0.1) is 24.5 Å². The second-order valence-electron chi connectivity index (χ2n) is 6.94. The highest BCUT2D eigenvalue weighted by atomic mass is 16.5. The van der Waals surface area contributed by atoms with Crippen LogP contribution in [0.2, 0.25) is 0 Å². The lowest BCUT2D eigenvalue weighted by molar-refractivity contribution is -0.155. The summed E-state index contributed by atoms with van der Waals surface area (Å²) in [5.74, 6) is 0.742.